The Morgan fingerprint density at radius 2 is 2.03 bits per heavy atom. The first-order valence-electron chi connectivity index (χ1n) is 9.05. The van der Waals surface area contributed by atoms with E-state index in [0.29, 0.717) is 5.82 Å². The van der Waals surface area contributed by atoms with Crippen LogP contribution < -0.4 is 10.2 Å². The predicted octanol–water partition coefficient (Wildman–Crippen LogP) is 5.29. The molecule has 6 nitrogen and oxygen atoms in total. The van der Waals surface area contributed by atoms with Gasteiger partial charge in [-0.2, -0.15) is 5.10 Å². The van der Waals surface area contributed by atoms with Gasteiger partial charge in [0.15, 0.2) is 5.82 Å². The van der Waals surface area contributed by atoms with Crippen LogP contribution in [0.15, 0.2) is 71.5 Å². The summed E-state index contributed by atoms with van der Waals surface area (Å²) < 4.78 is 5.33. The van der Waals surface area contributed by atoms with Gasteiger partial charge in [-0.25, -0.2) is 9.97 Å². The van der Waals surface area contributed by atoms with Gasteiger partial charge in [0.2, 0.25) is 0 Å². The van der Waals surface area contributed by atoms with E-state index < -0.39 is 0 Å². The van der Waals surface area contributed by atoms with Crippen molar-refractivity contribution < 1.29 is 4.74 Å². The fourth-order valence-corrected chi connectivity index (χ4v) is 4.22. The molecule has 2 N–H and O–H groups in total. The highest BCUT2D eigenvalue weighted by Crippen LogP contribution is 2.36. The number of ether oxygens (including phenoxy) is 1. The molecule has 0 saturated carbocycles. The Labute approximate surface area is 170 Å². The zero-order chi connectivity index (χ0) is 19.6. The Morgan fingerprint density at radius 1 is 1.14 bits per heavy atom. The van der Waals surface area contributed by atoms with Crippen LogP contribution in [-0.2, 0) is 0 Å². The van der Waals surface area contributed by atoms with E-state index in [0.717, 1.165) is 43.6 Å². The largest absolute Gasteiger partial charge is 0.497 e. The number of H-pyrrole nitrogens is 1. The topological polar surface area (TPSA) is 75.2 Å². The first-order chi connectivity index (χ1) is 14.3. The Kier molecular flexibility index (Phi) is 4.42. The third-order valence-corrected chi connectivity index (χ3v) is 5.64. The summed E-state index contributed by atoms with van der Waals surface area (Å²) in [6.07, 6.45) is 5.26. The van der Waals surface area contributed by atoms with E-state index in [9.17, 15) is 0 Å². The molecule has 0 spiro atoms. The van der Waals surface area contributed by atoms with Crippen molar-refractivity contribution in [3.63, 3.8) is 0 Å². The van der Waals surface area contributed by atoms with Gasteiger partial charge in [0.1, 0.15) is 16.9 Å². The smallest absolute Gasteiger partial charge is 0.159 e. The lowest BCUT2D eigenvalue weighted by Gasteiger charge is -2.04. The summed E-state index contributed by atoms with van der Waals surface area (Å²) in [5, 5.41) is 8.56. The highest BCUT2D eigenvalue weighted by Gasteiger charge is 2.12. The molecular formula is C22H17N5OS. The molecule has 2 aromatic carbocycles. The van der Waals surface area contributed by atoms with Gasteiger partial charge in [0.05, 0.1) is 18.7 Å². The number of thiophene rings is 1. The zero-order valence-corrected chi connectivity index (χ0v) is 16.4. The van der Waals surface area contributed by atoms with E-state index in [-0.39, 0.29) is 0 Å². The van der Waals surface area contributed by atoms with Crippen LogP contribution in [0.2, 0.25) is 0 Å². The Morgan fingerprint density at radius 3 is 2.90 bits per heavy atom. The summed E-state index contributed by atoms with van der Waals surface area (Å²) in [6.45, 7) is 0. The number of methoxy groups -OCH3 is 1. The number of hydrogen-bond acceptors (Lipinski definition) is 6. The van der Waals surface area contributed by atoms with E-state index in [2.05, 4.69) is 43.0 Å². The van der Waals surface area contributed by atoms with Crippen molar-refractivity contribution in [2.24, 2.45) is 5.10 Å². The molecule has 142 valence electrons. The standard InChI is InChI=1S/C22H17N5OS/c1-28-16-7-8-19-17(9-16)15(10-23-19)11-26-27-21-20-18(14-5-3-2-4-6-14)12-29-22(20)25-13-24-21/h2-13,23H,1H3,(H,24,25,27). The quantitative estimate of drug-likeness (QED) is 0.311. The molecule has 0 bridgehead atoms. The van der Waals surface area contributed by atoms with E-state index in [1.54, 1.807) is 31.0 Å². The number of nitrogens with one attached hydrogen (secondary N) is 2. The molecule has 3 heterocycles. The maximum Gasteiger partial charge on any atom is 0.159 e. The first-order valence-corrected chi connectivity index (χ1v) is 9.93. The van der Waals surface area contributed by atoms with Crippen molar-refractivity contribution in [3.05, 3.63) is 72.0 Å². The van der Waals surface area contributed by atoms with Crippen LogP contribution in [0.4, 0.5) is 5.82 Å². The van der Waals surface area contributed by atoms with Gasteiger partial charge in [-0.15, -0.1) is 11.3 Å². The monoisotopic (exact) mass is 399 g/mol. The average molecular weight is 399 g/mol. The lowest BCUT2D eigenvalue weighted by Crippen LogP contribution is -1.95. The summed E-state index contributed by atoms with van der Waals surface area (Å²) in [5.74, 6) is 1.49. The molecule has 5 rings (SSSR count). The number of aromatic amines is 1. The van der Waals surface area contributed by atoms with Gasteiger partial charge >= 0.3 is 0 Å². The third kappa shape index (κ3) is 3.21. The molecule has 3 aromatic heterocycles. The number of rotatable bonds is 5. The molecule has 29 heavy (non-hydrogen) atoms. The number of hydrogen-bond donors (Lipinski definition) is 2. The molecule has 0 atom stereocenters. The summed E-state index contributed by atoms with van der Waals surface area (Å²) in [5.41, 5.74) is 7.31. The van der Waals surface area contributed by atoms with Crippen molar-refractivity contribution in [2.75, 3.05) is 12.5 Å². The number of benzene rings is 2. The zero-order valence-electron chi connectivity index (χ0n) is 15.6. The van der Waals surface area contributed by atoms with Crippen molar-refractivity contribution in [1.82, 2.24) is 15.0 Å². The lowest BCUT2D eigenvalue weighted by atomic mass is 10.1. The van der Waals surface area contributed by atoms with Crippen molar-refractivity contribution in [2.45, 2.75) is 0 Å². The van der Waals surface area contributed by atoms with Gasteiger partial charge in [-0.3, -0.25) is 5.43 Å². The highest BCUT2D eigenvalue weighted by molar-refractivity contribution is 7.17. The minimum Gasteiger partial charge on any atom is -0.497 e. The summed E-state index contributed by atoms with van der Waals surface area (Å²) in [7, 11) is 1.66. The van der Waals surface area contributed by atoms with Gasteiger partial charge < -0.3 is 9.72 Å². The Bertz CT molecular complexity index is 1320. The molecule has 5 aromatic rings. The second-order valence-corrected chi connectivity index (χ2v) is 7.30. The summed E-state index contributed by atoms with van der Waals surface area (Å²) in [6, 6.07) is 16.1. The number of nitrogens with zero attached hydrogens (tertiary/aromatic N) is 3. The number of anilines is 1. The molecule has 0 unspecified atom stereocenters. The van der Waals surface area contributed by atoms with Gasteiger partial charge in [-0.05, 0) is 23.8 Å². The molecule has 0 radical (unpaired) electrons. The van der Waals surface area contributed by atoms with E-state index >= 15 is 0 Å². The van der Waals surface area contributed by atoms with Gasteiger partial charge in [-0.1, -0.05) is 30.3 Å². The molecule has 0 amide bonds. The summed E-state index contributed by atoms with van der Waals surface area (Å²) >= 11 is 1.60. The Hall–Kier alpha value is -3.71. The molecule has 0 fully saturated rings. The van der Waals surface area contributed by atoms with E-state index in [1.807, 2.05) is 42.6 Å². The normalized spacial score (nSPS) is 11.5. The van der Waals surface area contributed by atoms with Crippen LogP contribution in [0.25, 0.3) is 32.2 Å². The molecule has 0 aliphatic heterocycles. The van der Waals surface area contributed by atoms with Crippen LogP contribution in [0.1, 0.15) is 5.56 Å². The molecule has 0 aliphatic carbocycles. The van der Waals surface area contributed by atoms with E-state index in [4.69, 9.17) is 4.74 Å². The van der Waals surface area contributed by atoms with Gasteiger partial charge in [0, 0.05) is 33.6 Å². The SMILES string of the molecule is COc1ccc2[nH]cc(C=NNc3ncnc4scc(-c5ccccc5)c34)c2c1. The molecule has 7 heteroatoms. The second-order valence-electron chi connectivity index (χ2n) is 6.44. The predicted molar refractivity (Wildman–Crippen MR) is 119 cm³/mol. The van der Waals surface area contributed by atoms with Crippen LogP contribution in [0.5, 0.6) is 5.75 Å². The maximum atomic E-state index is 5.33. The fraction of sp³-hybridized carbons (Fsp3) is 0.0455. The van der Waals surface area contributed by atoms with Crippen LogP contribution in [-0.4, -0.2) is 28.3 Å². The van der Waals surface area contributed by atoms with Crippen molar-refractivity contribution in [1.29, 1.82) is 0 Å². The highest BCUT2D eigenvalue weighted by atomic mass is 32.1. The first kappa shape index (κ1) is 17.4. The lowest BCUT2D eigenvalue weighted by molar-refractivity contribution is 0.415. The van der Waals surface area contributed by atoms with Crippen LogP contribution >= 0.6 is 11.3 Å². The molecule has 0 saturated heterocycles. The number of aromatic nitrogens is 3. The van der Waals surface area contributed by atoms with Crippen LogP contribution in [0.3, 0.4) is 0 Å². The molecular weight excluding hydrogens is 382 g/mol. The fourth-order valence-electron chi connectivity index (χ4n) is 3.31. The van der Waals surface area contributed by atoms with E-state index in [1.165, 1.54) is 0 Å². The minimum absolute atomic E-state index is 0.684. The van der Waals surface area contributed by atoms with Gasteiger partial charge in [0.25, 0.3) is 0 Å². The van der Waals surface area contributed by atoms with Crippen molar-refractivity contribution >= 4 is 44.5 Å². The molecule has 0 aliphatic rings. The maximum absolute atomic E-state index is 5.33. The second kappa shape index (κ2) is 7.37. The number of hydrazone groups is 1. The number of fused-ring (bicyclic) bond motifs is 2. The Balaban J connectivity index is 1.49. The minimum atomic E-state index is 0.684. The average Bonchev–Trinajstić information content (AvgIpc) is 3.39. The third-order valence-electron chi connectivity index (χ3n) is 4.75. The summed E-state index contributed by atoms with van der Waals surface area (Å²) in [4.78, 5) is 13.0. The van der Waals surface area contributed by atoms with Crippen molar-refractivity contribution in [3.8, 4) is 16.9 Å². The van der Waals surface area contributed by atoms with Crippen LogP contribution in [0, 0.1) is 0 Å².